The molecular weight excluding hydrogens is 490 g/mol. The van der Waals surface area contributed by atoms with Gasteiger partial charge in [0, 0.05) is 40.5 Å². The molecule has 8 heteroatoms. The lowest BCUT2D eigenvalue weighted by Crippen LogP contribution is -2.34. The van der Waals surface area contributed by atoms with E-state index in [1.54, 1.807) is 17.5 Å². The minimum Gasteiger partial charge on any atom is -0.489 e. The average Bonchev–Trinajstić information content (AvgIpc) is 3.20. The lowest BCUT2D eigenvalue weighted by Gasteiger charge is -2.29. The average molecular weight is 524 g/mol. The molecule has 0 bridgehead atoms. The van der Waals surface area contributed by atoms with Gasteiger partial charge in [-0.3, -0.25) is 4.79 Å². The van der Waals surface area contributed by atoms with Gasteiger partial charge in [0.05, 0.1) is 23.9 Å². The number of aromatic nitrogens is 1. The Morgan fingerprint density at radius 3 is 2.94 bits per heavy atom. The van der Waals surface area contributed by atoms with E-state index < -0.39 is 0 Å². The molecule has 2 aliphatic heterocycles. The molecule has 0 radical (unpaired) electrons. The first-order chi connectivity index (χ1) is 17.5. The smallest absolute Gasteiger partial charge is 0.233 e. The van der Waals surface area contributed by atoms with E-state index in [9.17, 15) is 4.79 Å². The van der Waals surface area contributed by atoms with Crippen LogP contribution in [0.4, 0.5) is 0 Å². The SMILES string of the molecule is Cc1ccc(-c2cc3c(c(OC[C@H]4CCCN(C)C4)c2)OCCN(C(=O)CSc2ccccn2)C3)s1. The maximum Gasteiger partial charge on any atom is 0.233 e. The van der Waals surface area contributed by atoms with E-state index in [0.29, 0.717) is 38.0 Å². The molecule has 5 rings (SSSR count). The Kier molecular flexibility index (Phi) is 8.14. The van der Waals surface area contributed by atoms with Crippen molar-refractivity contribution < 1.29 is 14.3 Å². The fourth-order valence-electron chi connectivity index (χ4n) is 4.81. The molecule has 1 saturated heterocycles. The van der Waals surface area contributed by atoms with Crippen molar-refractivity contribution in [1.29, 1.82) is 0 Å². The predicted octanol–water partition coefficient (Wildman–Crippen LogP) is 5.35. The summed E-state index contributed by atoms with van der Waals surface area (Å²) < 4.78 is 12.7. The fraction of sp³-hybridized carbons (Fsp3) is 0.429. The van der Waals surface area contributed by atoms with Crippen molar-refractivity contribution in [3.8, 4) is 21.9 Å². The highest BCUT2D eigenvalue weighted by Crippen LogP contribution is 2.40. The highest BCUT2D eigenvalue weighted by Gasteiger charge is 2.25. The summed E-state index contributed by atoms with van der Waals surface area (Å²) in [5, 5.41) is 0.858. The number of hydrogen-bond acceptors (Lipinski definition) is 7. The number of carbonyl (C=O) groups is 1. The third-order valence-electron chi connectivity index (χ3n) is 6.66. The van der Waals surface area contributed by atoms with Gasteiger partial charge in [-0.05, 0) is 75.3 Å². The number of fused-ring (bicyclic) bond motifs is 1. The number of amides is 1. The summed E-state index contributed by atoms with van der Waals surface area (Å²) in [7, 11) is 2.18. The molecule has 0 saturated carbocycles. The van der Waals surface area contributed by atoms with Crippen molar-refractivity contribution in [2.24, 2.45) is 5.92 Å². The normalized spacial score (nSPS) is 18.3. The van der Waals surface area contributed by atoms with Crippen LogP contribution in [0.15, 0.2) is 53.7 Å². The van der Waals surface area contributed by atoms with Gasteiger partial charge in [-0.15, -0.1) is 11.3 Å². The van der Waals surface area contributed by atoms with Gasteiger partial charge >= 0.3 is 0 Å². The van der Waals surface area contributed by atoms with Gasteiger partial charge in [-0.2, -0.15) is 0 Å². The number of likely N-dealkylation sites (tertiary alicyclic amines) is 1. The van der Waals surface area contributed by atoms with Crippen LogP contribution >= 0.6 is 23.1 Å². The Morgan fingerprint density at radius 1 is 1.25 bits per heavy atom. The number of thioether (sulfide) groups is 1. The van der Waals surface area contributed by atoms with Crippen LogP contribution in [-0.2, 0) is 11.3 Å². The van der Waals surface area contributed by atoms with Crippen LogP contribution < -0.4 is 9.47 Å². The van der Waals surface area contributed by atoms with E-state index >= 15 is 0 Å². The molecule has 2 aliphatic rings. The second-order valence-corrected chi connectivity index (χ2v) is 11.9. The Balaban J connectivity index is 1.37. The summed E-state index contributed by atoms with van der Waals surface area (Å²) in [5.74, 6) is 2.53. The monoisotopic (exact) mass is 523 g/mol. The number of thiophene rings is 1. The third-order valence-corrected chi connectivity index (χ3v) is 8.63. The first kappa shape index (κ1) is 25.1. The lowest BCUT2D eigenvalue weighted by molar-refractivity contribution is -0.129. The molecule has 1 atom stereocenters. The van der Waals surface area contributed by atoms with Gasteiger partial charge in [0.15, 0.2) is 11.5 Å². The molecule has 1 amide bonds. The number of rotatable bonds is 7. The van der Waals surface area contributed by atoms with Crippen molar-refractivity contribution in [3.63, 3.8) is 0 Å². The molecule has 36 heavy (non-hydrogen) atoms. The minimum absolute atomic E-state index is 0.0900. The minimum atomic E-state index is 0.0900. The van der Waals surface area contributed by atoms with Crippen molar-refractivity contribution in [2.45, 2.75) is 31.3 Å². The molecule has 0 aliphatic carbocycles. The summed E-state index contributed by atoms with van der Waals surface area (Å²) in [6.07, 6.45) is 4.15. The van der Waals surface area contributed by atoms with Gasteiger partial charge in [0.25, 0.3) is 0 Å². The Hall–Kier alpha value is -2.55. The van der Waals surface area contributed by atoms with Crippen LogP contribution in [0.3, 0.4) is 0 Å². The lowest BCUT2D eigenvalue weighted by atomic mass is 9.99. The van der Waals surface area contributed by atoms with Crippen LogP contribution in [0.5, 0.6) is 11.5 Å². The molecule has 1 fully saturated rings. The molecule has 0 spiro atoms. The molecule has 6 nitrogen and oxygen atoms in total. The van der Waals surface area contributed by atoms with Gasteiger partial charge < -0.3 is 19.3 Å². The van der Waals surface area contributed by atoms with E-state index in [2.05, 4.69) is 48.1 Å². The largest absolute Gasteiger partial charge is 0.489 e. The molecule has 3 aromatic rings. The van der Waals surface area contributed by atoms with E-state index in [1.165, 1.54) is 34.4 Å². The molecule has 1 aromatic carbocycles. The highest BCUT2D eigenvalue weighted by molar-refractivity contribution is 7.99. The van der Waals surface area contributed by atoms with Crippen LogP contribution in [0, 0.1) is 12.8 Å². The first-order valence-corrected chi connectivity index (χ1v) is 14.3. The van der Waals surface area contributed by atoms with Gasteiger partial charge in [0.1, 0.15) is 6.61 Å². The number of nitrogens with zero attached hydrogens (tertiary/aromatic N) is 3. The molecular formula is C28H33N3O3S2. The number of ether oxygens (including phenoxy) is 2. The van der Waals surface area contributed by atoms with E-state index in [4.69, 9.17) is 9.47 Å². The molecule has 0 unspecified atom stereocenters. The summed E-state index contributed by atoms with van der Waals surface area (Å²) in [6.45, 7) is 6.53. The zero-order chi connectivity index (χ0) is 24.9. The van der Waals surface area contributed by atoms with Crippen LogP contribution in [0.1, 0.15) is 23.3 Å². The zero-order valence-electron chi connectivity index (χ0n) is 20.9. The molecule has 0 N–H and O–H groups in total. The molecule has 2 aromatic heterocycles. The van der Waals surface area contributed by atoms with Gasteiger partial charge in [-0.25, -0.2) is 4.98 Å². The van der Waals surface area contributed by atoms with Gasteiger partial charge in [0.2, 0.25) is 5.91 Å². The number of aryl methyl sites for hydroxylation is 1. The number of piperidine rings is 1. The Morgan fingerprint density at radius 2 is 2.17 bits per heavy atom. The van der Waals surface area contributed by atoms with Crippen molar-refractivity contribution in [3.05, 3.63) is 59.1 Å². The number of pyridine rings is 1. The maximum absolute atomic E-state index is 13.1. The number of benzene rings is 1. The zero-order valence-corrected chi connectivity index (χ0v) is 22.6. The van der Waals surface area contributed by atoms with E-state index in [0.717, 1.165) is 40.7 Å². The quantitative estimate of drug-likeness (QED) is 0.389. The second kappa shape index (κ2) is 11.7. The molecule has 190 valence electrons. The topological polar surface area (TPSA) is 54.9 Å². The van der Waals surface area contributed by atoms with Crippen molar-refractivity contribution in [1.82, 2.24) is 14.8 Å². The van der Waals surface area contributed by atoms with Crippen LogP contribution in [0.25, 0.3) is 10.4 Å². The van der Waals surface area contributed by atoms with E-state index in [1.807, 2.05) is 23.1 Å². The molecule has 4 heterocycles. The summed E-state index contributed by atoms with van der Waals surface area (Å²) in [6, 6.07) is 14.3. The summed E-state index contributed by atoms with van der Waals surface area (Å²) in [5.41, 5.74) is 2.12. The van der Waals surface area contributed by atoms with Crippen LogP contribution in [0.2, 0.25) is 0 Å². The third kappa shape index (κ3) is 6.22. The van der Waals surface area contributed by atoms with Crippen molar-refractivity contribution in [2.75, 3.05) is 45.6 Å². The second-order valence-electron chi connectivity index (χ2n) is 9.57. The Bertz CT molecular complexity index is 1180. The fourth-order valence-corrected chi connectivity index (χ4v) is 6.43. The standard InChI is InChI=1S/C28H33N3O3S2/c1-20-8-9-25(36-20)22-14-23-17-31(27(32)19-35-26-7-3-4-10-29-26)12-13-33-28(23)24(15-22)34-18-21-6-5-11-30(2)16-21/h3-4,7-10,14-15,21H,5-6,11-13,16-19H2,1-2H3/t21-/m0/s1. The maximum atomic E-state index is 13.1. The first-order valence-electron chi connectivity index (χ1n) is 12.5. The number of hydrogen-bond donors (Lipinski definition) is 0. The van der Waals surface area contributed by atoms with Crippen molar-refractivity contribution >= 4 is 29.0 Å². The van der Waals surface area contributed by atoms with Crippen LogP contribution in [-0.4, -0.2) is 66.3 Å². The predicted molar refractivity (Wildman–Crippen MR) is 146 cm³/mol. The number of carbonyl (C=O) groups excluding carboxylic acids is 1. The highest BCUT2D eigenvalue weighted by atomic mass is 32.2. The summed E-state index contributed by atoms with van der Waals surface area (Å²) >= 11 is 3.24. The Labute approximate surface area is 221 Å². The van der Waals surface area contributed by atoms with E-state index in [-0.39, 0.29) is 5.91 Å². The summed E-state index contributed by atoms with van der Waals surface area (Å²) in [4.78, 5) is 24.2. The van der Waals surface area contributed by atoms with Gasteiger partial charge in [-0.1, -0.05) is 17.8 Å².